The second kappa shape index (κ2) is 5.78. The molecule has 0 aromatic heterocycles. The van der Waals surface area contributed by atoms with Crippen LogP contribution in [-0.2, 0) is 11.0 Å². The number of benzene rings is 1. The molecule has 1 heterocycles. The van der Waals surface area contributed by atoms with Crippen LogP contribution in [0.2, 0.25) is 0 Å². The van der Waals surface area contributed by atoms with Crippen LogP contribution >= 0.6 is 0 Å². The second-order valence-corrected chi connectivity index (χ2v) is 4.68. The maximum atomic E-state index is 13.4. The van der Waals surface area contributed by atoms with Crippen molar-refractivity contribution in [3.63, 3.8) is 0 Å². The molecular formula is C13H14F4N2O. The molecule has 110 valence electrons. The van der Waals surface area contributed by atoms with Gasteiger partial charge in [0, 0.05) is 5.69 Å². The quantitative estimate of drug-likeness (QED) is 0.822. The summed E-state index contributed by atoms with van der Waals surface area (Å²) in [6, 6.07) is 1.98. The smallest absolute Gasteiger partial charge is 0.325 e. The first-order valence-corrected chi connectivity index (χ1v) is 6.29. The number of alkyl halides is 3. The van der Waals surface area contributed by atoms with Gasteiger partial charge in [-0.15, -0.1) is 0 Å². The van der Waals surface area contributed by atoms with Gasteiger partial charge in [-0.1, -0.05) is 6.42 Å². The van der Waals surface area contributed by atoms with Crippen molar-refractivity contribution < 1.29 is 22.4 Å². The normalized spacial score (nSPS) is 19.7. The predicted octanol–water partition coefficient (Wildman–Crippen LogP) is 2.93. The third kappa shape index (κ3) is 3.47. The lowest BCUT2D eigenvalue weighted by molar-refractivity contribution is -0.139. The molecule has 1 saturated heterocycles. The van der Waals surface area contributed by atoms with Crippen LogP contribution in [0, 0.1) is 5.82 Å². The molecule has 0 spiro atoms. The first-order valence-electron chi connectivity index (χ1n) is 6.29. The van der Waals surface area contributed by atoms with Gasteiger partial charge in [0.15, 0.2) is 0 Å². The van der Waals surface area contributed by atoms with Crippen LogP contribution in [0.25, 0.3) is 0 Å². The SMILES string of the molecule is O=C(Nc1ccc(C(F)(F)F)c(F)c1)[C@@H]1CCCCN1. The van der Waals surface area contributed by atoms with E-state index in [1.807, 2.05) is 0 Å². The number of amides is 1. The van der Waals surface area contributed by atoms with Crippen LogP contribution in [0.5, 0.6) is 0 Å². The first-order chi connectivity index (χ1) is 9.38. The third-order valence-corrected chi connectivity index (χ3v) is 3.17. The summed E-state index contributed by atoms with van der Waals surface area (Å²) in [7, 11) is 0. The van der Waals surface area contributed by atoms with Crippen LogP contribution in [0.4, 0.5) is 23.2 Å². The first kappa shape index (κ1) is 14.8. The van der Waals surface area contributed by atoms with Gasteiger partial charge in [-0.05, 0) is 37.6 Å². The molecule has 0 aliphatic carbocycles. The third-order valence-electron chi connectivity index (χ3n) is 3.17. The van der Waals surface area contributed by atoms with E-state index in [2.05, 4.69) is 10.6 Å². The van der Waals surface area contributed by atoms with Crippen LogP contribution in [-0.4, -0.2) is 18.5 Å². The van der Waals surface area contributed by atoms with E-state index in [4.69, 9.17) is 0 Å². The fraction of sp³-hybridized carbons (Fsp3) is 0.462. The lowest BCUT2D eigenvalue weighted by Gasteiger charge is -2.22. The Balaban J connectivity index is 2.06. The fourth-order valence-electron chi connectivity index (χ4n) is 2.13. The Kier molecular flexibility index (Phi) is 4.27. The molecule has 1 aliphatic heterocycles. The van der Waals surface area contributed by atoms with Gasteiger partial charge in [0.05, 0.1) is 11.6 Å². The average molecular weight is 290 g/mol. The van der Waals surface area contributed by atoms with Gasteiger partial charge >= 0.3 is 6.18 Å². The summed E-state index contributed by atoms with van der Waals surface area (Å²) in [6.45, 7) is 0.722. The largest absolute Gasteiger partial charge is 0.419 e. The van der Waals surface area contributed by atoms with Crippen LogP contribution in [0.1, 0.15) is 24.8 Å². The topological polar surface area (TPSA) is 41.1 Å². The highest BCUT2D eigenvalue weighted by atomic mass is 19.4. The van der Waals surface area contributed by atoms with Crippen molar-refractivity contribution in [2.45, 2.75) is 31.5 Å². The van der Waals surface area contributed by atoms with Crippen LogP contribution in [0.3, 0.4) is 0 Å². The molecule has 1 amide bonds. The average Bonchev–Trinajstić information content (AvgIpc) is 2.38. The molecule has 0 saturated carbocycles. The van der Waals surface area contributed by atoms with Crippen molar-refractivity contribution in [2.75, 3.05) is 11.9 Å². The van der Waals surface area contributed by atoms with E-state index >= 15 is 0 Å². The number of anilines is 1. The lowest BCUT2D eigenvalue weighted by atomic mass is 10.0. The lowest BCUT2D eigenvalue weighted by Crippen LogP contribution is -2.43. The van der Waals surface area contributed by atoms with E-state index in [9.17, 15) is 22.4 Å². The minimum Gasteiger partial charge on any atom is -0.325 e. The zero-order chi connectivity index (χ0) is 14.8. The summed E-state index contributed by atoms with van der Waals surface area (Å²) < 4.78 is 50.5. The van der Waals surface area contributed by atoms with E-state index in [0.717, 1.165) is 25.5 Å². The Hall–Kier alpha value is -1.63. The summed E-state index contributed by atoms with van der Waals surface area (Å²) in [6.07, 6.45) is -2.18. The molecule has 3 nitrogen and oxygen atoms in total. The predicted molar refractivity (Wildman–Crippen MR) is 65.7 cm³/mol. The molecule has 1 aromatic carbocycles. The summed E-state index contributed by atoms with van der Waals surface area (Å²) in [5.41, 5.74) is -1.32. The minimum atomic E-state index is -4.74. The van der Waals surface area contributed by atoms with Gasteiger partial charge in [-0.3, -0.25) is 4.79 Å². The minimum absolute atomic E-state index is 0.0212. The zero-order valence-corrected chi connectivity index (χ0v) is 10.6. The van der Waals surface area contributed by atoms with Crippen LogP contribution in [0.15, 0.2) is 18.2 Å². The Morgan fingerprint density at radius 2 is 2.05 bits per heavy atom. The number of hydrogen-bond acceptors (Lipinski definition) is 2. The maximum Gasteiger partial charge on any atom is 0.419 e. The summed E-state index contributed by atoms with van der Waals surface area (Å²) >= 11 is 0. The molecule has 0 radical (unpaired) electrons. The van der Waals surface area contributed by atoms with E-state index in [-0.39, 0.29) is 17.6 Å². The molecule has 1 aliphatic rings. The highest BCUT2D eigenvalue weighted by Crippen LogP contribution is 2.32. The Morgan fingerprint density at radius 1 is 1.30 bits per heavy atom. The van der Waals surface area contributed by atoms with Gasteiger partial charge in [-0.2, -0.15) is 13.2 Å². The summed E-state index contributed by atoms with van der Waals surface area (Å²) in [5.74, 6) is -1.75. The number of hydrogen-bond donors (Lipinski definition) is 2. The maximum absolute atomic E-state index is 13.4. The zero-order valence-electron chi connectivity index (χ0n) is 10.6. The van der Waals surface area contributed by atoms with Crippen molar-refractivity contribution in [1.82, 2.24) is 5.32 Å². The molecule has 1 fully saturated rings. The van der Waals surface area contributed by atoms with Gasteiger partial charge in [-0.25, -0.2) is 4.39 Å². The molecule has 20 heavy (non-hydrogen) atoms. The standard InChI is InChI=1S/C13H14F4N2O/c14-10-7-8(4-5-9(10)13(15,16)17)19-12(20)11-3-1-2-6-18-11/h4-5,7,11,18H,1-3,6H2,(H,19,20)/t11-/m0/s1. The molecule has 2 N–H and O–H groups in total. The van der Waals surface area contributed by atoms with Crippen LogP contribution < -0.4 is 10.6 Å². The summed E-state index contributed by atoms with van der Waals surface area (Å²) in [4.78, 5) is 11.8. The van der Waals surface area contributed by atoms with Gasteiger partial charge in [0.25, 0.3) is 0 Å². The van der Waals surface area contributed by atoms with Crippen molar-refractivity contribution in [3.05, 3.63) is 29.6 Å². The van der Waals surface area contributed by atoms with E-state index in [0.29, 0.717) is 18.6 Å². The number of piperidine rings is 1. The number of rotatable bonds is 2. The van der Waals surface area contributed by atoms with E-state index < -0.39 is 17.6 Å². The molecule has 2 rings (SSSR count). The van der Waals surface area contributed by atoms with Crippen molar-refractivity contribution in [3.8, 4) is 0 Å². The Bertz CT molecular complexity index is 496. The van der Waals surface area contributed by atoms with Crippen molar-refractivity contribution in [2.24, 2.45) is 0 Å². The molecule has 1 aromatic rings. The van der Waals surface area contributed by atoms with Gasteiger partial charge in [0.1, 0.15) is 5.82 Å². The van der Waals surface area contributed by atoms with E-state index in [1.54, 1.807) is 0 Å². The van der Waals surface area contributed by atoms with Crippen molar-refractivity contribution in [1.29, 1.82) is 0 Å². The summed E-state index contributed by atoms with van der Waals surface area (Å²) in [5, 5.41) is 5.43. The number of nitrogens with one attached hydrogen (secondary N) is 2. The van der Waals surface area contributed by atoms with Gasteiger partial charge in [0.2, 0.25) is 5.91 Å². The second-order valence-electron chi connectivity index (χ2n) is 4.68. The molecule has 0 unspecified atom stereocenters. The number of carbonyl (C=O) groups excluding carboxylic acids is 1. The van der Waals surface area contributed by atoms with Crippen molar-refractivity contribution >= 4 is 11.6 Å². The molecule has 7 heteroatoms. The molecule has 0 bridgehead atoms. The fourth-order valence-corrected chi connectivity index (χ4v) is 2.13. The highest BCUT2D eigenvalue weighted by molar-refractivity contribution is 5.94. The highest BCUT2D eigenvalue weighted by Gasteiger charge is 2.34. The number of halogens is 4. The molecule has 1 atom stereocenters. The van der Waals surface area contributed by atoms with E-state index in [1.165, 1.54) is 0 Å². The Labute approximate surface area is 113 Å². The molecular weight excluding hydrogens is 276 g/mol. The Morgan fingerprint density at radius 3 is 2.60 bits per heavy atom. The van der Waals surface area contributed by atoms with Gasteiger partial charge < -0.3 is 10.6 Å². The monoisotopic (exact) mass is 290 g/mol. The number of carbonyl (C=O) groups is 1.